The summed E-state index contributed by atoms with van der Waals surface area (Å²) in [4.78, 5) is 0. The molecule has 2 aromatic rings. The van der Waals surface area contributed by atoms with Gasteiger partial charge >= 0.3 is 0 Å². The molecule has 110 valence electrons. The van der Waals surface area contributed by atoms with Gasteiger partial charge < -0.3 is 15.3 Å². The maximum Gasteiger partial charge on any atom is 0.200 e. The zero-order chi connectivity index (χ0) is 15.4. The van der Waals surface area contributed by atoms with Gasteiger partial charge in [-0.1, -0.05) is 25.1 Å². The first-order valence-corrected chi connectivity index (χ1v) is 6.67. The maximum absolute atomic E-state index is 9.83. The molecular formula is C16H18N2O3. The summed E-state index contributed by atoms with van der Waals surface area (Å²) in [5.74, 6) is -1.30. The molecule has 0 aromatic heterocycles. The molecule has 0 spiro atoms. The van der Waals surface area contributed by atoms with E-state index in [1.807, 2.05) is 24.3 Å². The molecule has 0 bridgehead atoms. The Morgan fingerprint density at radius 3 is 2.48 bits per heavy atom. The smallest absolute Gasteiger partial charge is 0.200 e. The van der Waals surface area contributed by atoms with Crippen molar-refractivity contribution in [3.05, 3.63) is 47.5 Å². The van der Waals surface area contributed by atoms with Gasteiger partial charge in [-0.3, -0.25) is 5.43 Å². The fraction of sp³-hybridized carbons (Fsp3) is 0.188. The number of para-hydroxylation sites is 1. The predicted molar refractivity (Wildman–Crippen MR) is 83.1 cm³/mol. The van der Waals surface area contributed by atoms with E-state index in [-0.39, 0.29) is 11.5 Å². The van der Waals surface area contributed by atoms with E-state index in [1.165, 1.54) is 12.1 Å². The standard InChI is InChI=1S/C16H18N2O3/c1-3-11-6-4-5-7-13(11)18-17-10(2)12-8-9-14(19)16(21)15(12)20/h4-9,18-21H,3H2,1-2H3/b17-10-. The minimum absolute atomic E-state index is 0.353. The van der Waals surface area contributed by atoms with E-state index in [1.54, 1.807) is 6.92 Å². The van der Waals surface area contributed by atoms with Crippen molar-refractivity contribution in [2.75, 3.05) is 5.43 Å². The van der Waals surface area contributed by atoms with Crippen LogP contribution in [0.2, 0.25) is 0 Å². The first-order chi connectivity index (χ1) is 10.0. The molecule has 0 fully saturated rings. The monoisotopic (exact) mass is 286 g/mol. The third kappa shape index (κ3) is 3.08. The molecule has 5 heteroatoms. The highest BCUT2D eigenvalue weighted by Gasteiger charge is 2.13. The van der Waals surface area contributed by atoms with E-state index >= 15 is 0 Å². The van der Waals surface area contributed by atoms with Crippen molar-refractivity contribution in [3.8, 4) is 17.2 Å². The number of nitrogens with zero attached hydrogens (tertiary/aromatic N) is 1. The molecule has 0 aliphatic heterocycles. The normalized spacial score (nSPS) is 11.4. The van der Waals surface area contributed by atoms with E-state index in [0.717, 1.165) is 17.7 Å². The van der Waals surface area contributed by atoms with Crippen LogP contribution in [0.5, 0.6) is 17.2 Å². The summed E-state index contributed by atoms with van der Waals surface area (Å²) in [5, 5.41) is 32.9. The van der Waals surface area contributed by atoms with Crippen molar-refractivity contribution in [1.29, 1.82) is 0 Å². The van der Waals surface area contributed by atoms with Crippen LogP contribution in [-0.2, 0) is 6.42 Å². The Labute approximate surface area is 123 Å². The van der Waals surface area contributed by atoms with Crippen LogP contribution in [0, 0.1) is 0 Å². The van der Waals surface area contributed by atoms with Crippen molar-refractivity contribution >= 4 is 11.4 Å². The largest absolute Gasteiger partial charge is 0.504 e. The summed E-state index contributed by atoms with van der Waals surface area (Å²) in [6.45, 7) is 3.76. The molecule has 0 atom stereocenters. The van der Waals surface area contributed by atoms with Gasteiger partial charge in [-0.15, -0.1) is 0 Å². The summed E-state index contributed by atoms with van der Waals surface area (Å²) in [5.41, 5.74) is 5.83. The Morgan fingerprint density at radius 2 is 1.76 bits per heavy atom. The Morgan fingerprint density at radius 1 is 1.05 bits per heavy atom. The zero-order valence-corrected chi connectivity index (χ0v) is 12.0. The van der Waals surface area contributed by atoms with Crippen LogP contribution >= 0.6 is 0 Å². The summed E-state index contributed by atoms with van der Waals surface area (Å²) < 4.78 is 0. The number of anilines is 1. The average molecular weight is 286 g/mol. The zero-order valence-electron chi connectivity index (χ0n) is 12.0. The van der Waals surface area contributed by atoms with E-state index in [0.29, 0.717) is 11.3 Å². The highest BCUT2D eigenvalue weighted by Crippen LogP contribution is 2.37. The molecule has 0 radical (unpaired) electrons. The third-order valence-corrected chi connectivity index (χ3v) is 3.26. The lowest BCUT2D eigenvalue weighted by Gasteiger charge is -2.10. The number of aryl methyl sites for hydroxylation is 1. The van der Waals surface area contributed by atoms with Gasteiger partial charge in [-0.05, 0) is 37.1 Å². The van der Waals surface area contributed by atoms with Crippen molar-refractivity contribution in [2.24, 2.45) is 5.10 Å². The molecule has 2 rings (SSSR count). The van der Waals surface area contributed by atoms with Gasteiger partial charge in [-0.25, -0.2) is 0 Å². The van der Waals surface area contributed by atoms with Crippen molar-refractivity contribution in [1.82, 2.24) is 0 Å². The van der Waals surface area contributed by atoms with Crippen molar-refractivity contribution in [3.63, 3.8) is 0 Å². The molecule has 0 heterocycles. The second-order valence-electron chi connectivity index (χ2n) is 4.65. The number of phenols is 3. The van der Waals surface area contributed by atoms with Crippen LogP contribution < -0.4 is 5.43 Å². The predicted octanol–water partition coefficient (Wildman–Crippen LogP) is 3.20. The molecule has 0 aliphatic carbocycles. The molecule has 21 heavy (non-hydrogen) atoms. The Bertz CT molecular complexity index is 681. The van der Waals surface area contributed by atoms with Crippen LogP contribution in [0.1, 0.15) is 25.0 Å². The number of hydrogen-bond donors (Lipinski definition) is 4. The van der Waals surface area contributed by atoms with Crippen LogP contribution in [0.15, 0.2) is 41.5 Å². The number of hydrogen-bond acceptors (Lipinski definition) is 5. The highest BCUT2D eigenvalue weighted by molar-refractivity contribution is 6.02. The van der Waals surface area contributed by atoms with Gasteiger partial charge in [0.1, 0.15) is 0 Å². The van der Waals surface area contributed by atoms with Gasteiger partial charge in [0.15, 0.2) is 11.5 Å². The van der Waals surface area contributed by atoms with Gasteiger partial charge in [0.05, 0.1) is 11.4 Å². The number of nitrogens with one attached hydrogen (secondary N) is 1. The molecule has 0 unspecified atom stereocenters. The number of phenolic OH excluding ortho intramolecular Hbond substituents is 3. The Hall–Kier alpha value is -2.69. The van der Waals surface area contributed by atoms with Gasteiger partial charge in [0.25, 0.3) is 0 Å². The number of rotatable bonds is 4. The first kappa shape index (κ1) is 14.7. The molecule has 5 nitrogen and oxygen atoms in total. The lowest BCUT2D eigenvalue weighted by molar-refractivity contribution is 0.367. The van der Waals surface area contributed by atoms with Gasteiger partial charge in [-0.2, -0.15) is 5.10 Å². The fourth-order valence-electron chi connectivity index (χ4n) is 2.00. The Kier molecular flexibility index (Phi) is 4.33. The van der Waals surface area contributed by atoms with Crippen LogP contribution in [-0.4, -0.2) is 21.0 Å². The summed E-state index contributed by atoms with van der Waals surface area (Å²) >= 11 is 0. The van der Waals surface area contributed by atoms with E-state index in [2.05, 4.69) is 17.5 Å². The van der Waals surface area contributed by atoms with Gasteiger partial charge in [0.2, 0.25) is 5.75 Å². The lowest BCUT2D eigenvalue weighted by atomic mass is 10.1. The molecule has 0 saturated heterocycles. The maximum atomic E-state index is 9.83. The quantitative estimate of drug-likeness (QED) is 0.395. The molecule has 0 amide bonds. The summed E-state index contributed by atoms with van der Waals surface area (Å²) in [6.07, 6.45) is 0.878. The second kappa shape index (κ2) is 6.17. The summed E-state index contributed by atoms with van der Waals surface area (Å²) in [7, 11) is 0. The van der Waals surface area contributed by atoms with E-state index in [9.17, 15) is 15.3 Å². The first-order valence-electron chi connectivity index (χ1n) is 6.67. The van der Waals surface area contributed by atoms with Crippen molar-refractivity contribution in [2.45, 2.75) is 20.3 Å². The molecule has 0 saturated carbocycles. The van der Waals surface area contributed by atoms with E-state index < -0.39 is 5.75 Å². The molecule has 2 aromatic carbocycles. The van der Waals surface area contributed by atoms with Crippen molar-refractivity contribution < 1.29 is 15.3 Å². The van der Waals surface area contributed by atoms with Crippen LogP contribution in [0.4, 0.5) is 5.69 Å². The minimum atomic E-state index is -0.545. The number of aromatic hydroxyl groups is 3. The average Bonchev–Trinajstić information content (AvgIpc) is 2.50. The summed E-state index contributed by atoms with van der Waals surface area (Å²) in [6, 6.07) is 10.6. The van der Waals surface area contributed by atoms with Crippen LogP contribution in [0.25, 0.3) is 0 Å². The minimum Gasteiger partial charge on any atom is -0.504 e. The number of hydrazone groups is 1. The Balaban J connectivity index is 2.28. The molecule has 4 N–H and O–H groups in total. The second-order valence-corrected chi connectivity index (χ2v) is 4.65. The SMILES string of the molecule is CCc1ccccc1N/N=C(/C)c1ccc(O)c(O)c1O. The van der Waals surface area contributed by atoms with E-state index in [4.69, 9.17) is 0 Å². The third-order valence-electron chi connectivity index (χ3n) is 3.26. The van der Waals surface area contributed by atoms with Crippen LogP contribution in [0.3, 0.4) is 0 Å². The van der Waals surface area contributed by atoms with Gasteiger partial charge in [0, 0.05) is 5.56 Å². The highest BCUT2D eigenvalue weighted by atomic mass is 16.3. The molecular weight excluding hydrogens is 268 g/mol. The lowest BCUT2D eigenvalue weighted by Crippen LogP contribution is -2.01. The molecule has 0 aliphatic rings. The topological polar surface area (TPSA) is 85.1 Å². The number of benzene rings is 2. The fourth-order valence-corrected chi connectivity index (χ4v) is 2.00.